The van der Waals surface area contributed by atoms with Crippen LogP contribution < -0.4 is 34.0 Å². The first-order valence-electron chi connectivity index (χ1n) is 21.3. The fourth-order valence-corrected chi connectivity index (χ4v) is 7.55. The van der Waals surface area contributed by atoms with Crippen molar-refractivity contribution in [2.24, 2.45) is 34.6 Å². The van der Waals surface area contributed by atoms with E-state index in [0.717, 1.165) is 32.1 Å². The number of pyridine rings is 1. The maximum Gasteiger partial charge on any atom is 0.336 e. The molecule has 4 amide bonds. The first-order valence-corrected chi connectivity index (χ1v) is 21.3. The first-order chi connectivity index (χ1) is 29.4. The molecule has 0 bridgehead atoms. The van der Waals surface area contributed by atoms with Gasteiger partial charge in [-0.3, -0.25) is 29.0 Å². The van der Waals surface area contributed by atoms with Crippen LogP contribution in [0.1, 0.15) is 123 Å². The molecule has 3 aromatic rings. The number of ether oxygens (including phenoxy) is 1. The molecule has 1 aliphatic carbocycles. The molecular weight excluding hydrogens is 797 g/mol. The van der Waals surface area contributed by atoms with E-state index in [9.17, 15) is 33.9 Å². The van der Waals surface area contributed by atoms with Gasteiger partial charge in [-0.2, -0.15) is 0 Å². The zero-order chi connectivity index (χ0) is 45.6. The molecule has 5 atom stereocenters. The van der Waals surface area contributed by atoms with Crippen molar-refractivity contribution in [3.63, 3.8) is 0 Å². The lowest BCUT2D eigenvalue weighted by Crippen LogP contribution is -2.64. The fourth-order valence-electron chi connectivity index (χ4n) is 7.55. The van der Waals surface area contributed by atoms with Crippen molar-refractivity contribution < 1.29 is 38.6 Å². The van der Waals surface area contributed by atoms with Gasteiger partial charge in [-0.25, -0.2) is 14.7 Å². The first kappa shape index (κ1) is 49.4. The summed E-state index contributed by atoms with van der Waals surface area (Å²) in [5, 5.41) is 13.8. The number of aliphatic hydroxyl groups is 1. The topological polar surface area (TPSA) is 319 Å². The number of benzene rings is 1. The summed E-state index contributed by atoms with van der Waals surface area (Å²) in [5.41, 5.74) is 27.6. The van der Waals surface area contributed by atoms with Crippen LogP contribution in [0, 0.1) is 5.92 Å². The molecule has 338 valence electrons. The number of carbonyl (C=O) groups excluding carboxylic acids is 6. The summed E-state index contributed by atoms with van der Waals surface area (Å²) < 4.78 is 5.61. The van der Waals surface area contributed by atoms with Crippen LogP contribution >= 0.6 is 0 Å². The van der Waals surface area contributed by atoms with E-state index in [1.165, 1.54) is 24.8 Å². The molecule has 18 nitrogen and oxygen atoms in total. The lowest BCUT2D eigenvalue weighted by atomic mass is 9.83. The minimum absolute atomic E-state index is 0.0681. The van der Waals surface area contributed by atoms with E-state index in [4.69, 9.17) is 33.4 Å². The molecule has 1 fully saturated rings. The molecule has 18 heteroatoms. The number of ketones is 1. The van der Waals surface area contributed by atoms with Crippen LogP contribution in [0.2, 0.25) is 0 Å². The van der Waals surface area contributed by atoms with Crippen LogP contribution in [-0.4, -0.2) is 102 Å². The van der Waals surface area contributed by atoms with Gasteiger partial charge < -0.3 is 48.8 Å². The Bertz CT molecular complexity index is 1980. The summed E-state index contributed by atoms with van der Waals surface area (Å²) in [5.74, 6) is -6.29. The third kappa shape index (κ3) is 13.4. The summed E-state index contributed by atoms with van der Waals surface area (Å²) >= 11 is 0. The predicted molar refractivity (Wildman–Crippen MR) is 230 cm³/mol. The number of nitrogens with zero attached hydrogens (tertiary/aromatic N) is 3. The zero-order valence-electron chi connectivity index (χ0n) is 36.0. The average molecular weight is 861 g/mol. The normalized spacial score (nSPS) is 16.3. The highest BCUT2D eigenvalue weighted by Gasteiger charge is 2.47. The highest BCUT2D eigenvalue weighted by molar-refractivity contribution is 6.21. The number of amides is 4. The Balaban J connectivity index is 1.77. The number of rotatable bonds is 21. The Morgan fingerprint density at radius 3 is 2.31 bits per heavy atom. The lowest BCUT2D eigenvalue weighted by Gasteiger charge is -2.32. The molecule has 2 aromatic heterocycles. The van der Waals surface area contributed by atoms with Crippen LogP contribution in [0.5, 0.6) is 0 Å². The monoisotopic (exact) mass is 860 g/mol. The second-order valence-electron chi connectivity index (χ2n) is 17.1. The minimum atomic E-state index is -2.36. The second-order valence-corrected chi connectivity index (χ2v) is 17.1. The highest BCUT2D eigenvalue weighted by atomic mass is 16.6. The van der Waals surface area contributed by atoms with Crippen LogP contribution in [0.25, 0.3) is 0 Å². The number of unbranched alkanes of at least 4 members (excludes halogenated alkanes) is 1. The van der Waals surface area contributed by atoms with Crippen molar-refractivity contribution >= 4 is 35.4 Å². The van der Waals surface area contributed by atoms with Gasteiger partial charge in [0.05, 0.1) is 36.5 Å². The van der Waals surface area contributed by atoms with Crippen molar-refractivity contribution in [1.29, 1.82) is 0 Å². The molecule has 0 aliphatic heterocycles. The summed E-state index contributed by atoms with van der Waals surface area (Å²) in [4.78, 5) is 97.5. The summed E-state index contributed by atoms with van der Waals surface area (Å²) in [6.07, 6.45) is 7.77. The molecule has 0 unspecified atom stereocenters. The highest BCUT2D eigenvalue weighted by Crippen LogP contribution is 2.28. The Labute approximate surface area is 362 Å². The van der Waals surface area contributed by atoms with E-state index < -0.39 is 88.4 Å². The number of imidazole rings is 1. The van der Waals surface area contributed by atoms with E-state index in [-0.39, 0.29) is 37.3 Å². The lowest BCUT2D eigenvalue weighted by molar-refractivity contribution is -0.164. The molecule has 0 spiro atoms. The number of Topliss-reactive ketones (excluding diaryl/α,β-unsaturated/α-hetero) is 1. The quantitative estimate of drug-likeness (QED) is 0.0325. The standard InChI is InChI=1S/C44H64N10O8/c1-43(2,3)62-42(61)44(49,23-28-14-8-5-9-15-28)41(60)53-33(21-30-25-50-26-52-30)38(57)36-29(24-46)17-19-51-37(36)40(59)54(39(58)31(47)16-10-11-18-45)35(56)22-34(55)32(48)20-27-12-6-4-7-13-27/h5,8-9,14-15,17,19,25-27,31-34,55H,4,6-7,10-13,16,18,20-24,45-49H2,1-3H3,(H,50,52)(H,53,60)/t31-,32+,33+,34+,44+/m1/s1. The van der Waals surface area contributed by atoms with Crippen LogP contribution in [0.3, 0.4) is 0 Å². The number of nitrogens with one attached hydrogen (secondary N) is 2. The third-order valence-electron chi connectivity index (χ3n) is 11.0. The van der Waals surface area contributed by atoms with Gasteiger partial charge in [0.2, 0.25) is 5.91 Å². The van der Waals surface area contributed by atoms with Gasteiger partial charge in [0.25, 0.3) is 17.7 Å². The number of H-pyrrole nitrogens is 1. The van der Waals surface area contributed by atoms with Gasteiger partial charge in [0.15, 0.2) is 11.3 Å². The molecule has 13 N–H and O–H groups in total. The minimum Gasteiger partial charge on any atom is -0.458 e. The molecule has 1 saturated carbocycles. The number of esters is 1. The smallest absolute Gasteiger partial charge is 0.336 e. The van der Waals surface area contributed by atoms with E-state index >= 15 is 0 Å². The van der Waals surface area contributed by atoms with Gasteiger partial charge >= 0.3 is 5.97 Å². The SMILES string of the molecule is CC(C)(C)OC(=O)[C@](N)(Cc1ccccc1)C(=O)N[C@@H](Cc1cnc[nH]1)C(=O)c1c(CN)ccnc1C(=O)N(C(=O)C[C@H](O)[C@@H](N)CC1CCCCC1)C(=O)[C@H](N)CCCCN. The van der Waals surface area contributed by atoms with Crippen molar-refractivity contribution in [1.82, 2.24) is 25.2 Å². The molecule has 1 aliphatic rings. The Kier molecular flexibility index (Phi) is 18.1. The van der Waals surface area contributed by atoms with Crippen molar-refractivity contribution in [2.75, 3.05) is 6.54 Å². The van der Waals surface area contributed by atoms with Crippen molar-refractivity contribution in [3.8, 4) is 0 Å². The number of aromatic amines is 1. The van der Waals surface area contributed by atoms with Gasteiger partial charge in [-0.15, -0.1) is 0 Å². The summed E-state index contributed by atoms with van der Waals surface area (Å²) in [6.45, 7) is 4.84. The zero-order valence-corrected chi connectivity index (χ0v) is 36.0. The predicted octanol–water partition coefficient (Wildman–Crippen LogP) is 1.46. The van der Waals surface area contributed by atoms with E-state index in [0.29, 0.717) is 42.0 Å². The van der Waals surface area contributed by atoms with E-state index in [1.807, 2.05) is 0 Å². The molecule has 4 rings (SSSR count). The third-order valence-corrected chi connectivity index (χ3v) is 11.0. The van der Waals surface area contributed by atoms with Crippen LogP contribution in [0.4, 0.5) is 0 Å². The number of aliphatic hydroxyl groups excluding tert-OH is 1. The summed E-state index contributed by atoms with van der Waals surface area (Å²) in [7, 11) is 0. The van der Waals surface area contributed by atoms with Gasteiger partial charge in [0.1, 0.15) is 11.3 Å². The molecule has 62 heavy (non-hydrogen) atoms. The van der Waals surface area contributed by atoms with E-state index in [2.05, 4.69) is 20.3 Å². The maximum absolute atomic E-state index is 15.0. The number of nitrogens with two attached hydrogens (primary N) is 5. The number of aromatic nitrogens is 3. The fraction of sp³-hybridized carbons (Fsp3) is 0.545. The van der Waals surface area contributed by atoms with E-state index in [1.54, 1.807) is 51.1 Å². The van der Waals surface area contributed by atoms with Crippen LogP contribution in [-0.2, 0) is 43.3 Å². The number of imide groups is 3. The largest absolute Gasteiger partial charge is 0.458 e. The second kappa shape index (κ2) is 22.7. The average Bonchev–Trinajstić information content (AvgIpc) is 3.76. The molecule has 0 radical (unpaired) electrons. The number of hydrogen-bond donors (Lipinski definition) is 8. The van der Waals surface area contributed by atoms with Crippen LogP contribution in [0.15, 0.2) is 55.1 Å². The number of hydrogen-bond acceptors (Lipinski definition) is 15. The molecular formula is C44H64N10O8. The van der Waals surface area contributed by atoms with Crippen molar-refractivity contribution in [3.05, 3.63) is 83.2 Å². The van der Waals surface area contributed by atoms with Gasteiger partial charge in [-0.05, 0) is 69.7 Å². The van der Waals surface area contributed by atoms with Gasteiger partial charge in [-0.1, -0.05) is 68.9 Å². The maximum atomic E-state index is 15.0. The molecule has 2 heterocycles. The summed E-state index contributed by atoms with van der Waals surface area (Å²) in [6, 6.07) is 6.16. The molecule has 1 aromatic carbocycles. The Morgan fingerprint density at radius 1 is 1.00 bits per heavy atom. The Morgan fingerprint density at radius 2 is 1.69 bits per heavy atom. The number of carbonyl (C=O) groups is 6. The van der Waals surface area contributed by atoms with Crippen molar-refractivity contribution in [2.45, 2.75) is 140 Å². The van der Waals surface area contributed by atoms with Gasteiger partial charge in [0, 0.05) is 43.5 Å². The Hall–Kier alpha value is -5.24. The molecule has 0 saturated heterocycles.